The van der Waals surface area contributed by atoms with Gasteiger partial charge in [0.2, 0.25) is 0 Å². The van der Waals surface area contributed by atoms with Gasteiger partial charge in [-0.05, 0) is 30.7 Å². The molecule has 1 aliphatic rings. The smallest absolute Gasteiger partial charge is 0.273 e. The summed E-state index contributed by atoms with van der Waals surface area (Å²) in [6, 6.07) is 5.39. The fourth-order valence-electron chi connectivity index (χ4n) is 2.91. The van der Waals surface area contributed by atoms with Crippen LogP contribution >= 0.6 is 0 Å². The molecule has 2 unspecified atom stereocenters. The molecule has 3 rings (SSSR count). The minimum atomic E-state index is -0.813. The Balaban J connectivity index is 1.95. The number of pyridine rings is 1. The zero-order chi connectivity index (χ0) is 17.3. The third-order valence-electron chi connectivity index (χ3n) is 4.04. The van der Waals surface area contributed by atoms with E-state index >= 15 is 0 Å². The Morgan fingerprint density at radius 1 is 1.33 bits per heavy atom. The van der Waals surface area contributed by atoms with E-state index < -0.39 is 29.7 Å². The molecule has 0 radical (unpaired) electrons. The summed E-state index contributed by atoms with van der Waals surface area (Å²) in [5.41, 5.74) is 0.160. The number of benzene rings is 1. The van der Waals surface area contributed by atoms with E-state index in [4.69, 9.17) is 4.74 Å². The van der Waals surface area contributed by atoms with Crippen molar-refractivity contribution in [3.63, 3.8) is 0 Å². The number of aliphatic hydroxyl groups is 1. The molecular formula is C17H16F2N2O3. The molecule has 5 nitrogen and oxygen atoms in total. The van der Waals surface area contributed by atoms with Crippen molar-refractivity contribution >= 4 is 5.91 Å². The fourth-order valence-corrected chi connectivity index (χ4v) is 2.91. The van der Waals surface area contributed by atoms with Crippen LogP contribution < -0.4 is 4.74 Å². The predicted molar refractivity (Wildman–Crippen MR) is 81.5 cm³/mol. The summed E-state index contributed by atoms with van der Waals surface area (Å²) < 4.78 is 32.6. The van der Waals surface area contributed by atoms with E-state index in [1.165, 1.54) is 24.3 Å². The molecule has 0 saturated carbocycles. The number of ether oxygens (including phenoxy) is 1. The van der Waals surface area contributed by atoms with Crippen molar-refractivity contribution in [1.29, 1.82) is 0 Å². The van der Waals surface area contributed by atoms with E-state index in [1.54, 1.807) is 6.07 Å². The van der Waals surface area contributed by atoms with E-state index in [0.717, 1.165) is 18.2 Å². The molecule has 7 heteroatoms. The van der Waals surface area contributed by atoms with Gasteiger partial charge in [0.15, 0.2) is 0 Å². The molecule has 126 valence electrons. The summed E-state index contributed by atoms with van der Waals surface area (Å²) in [6.07, 6.45) is 0.749. The largest absolute Gasteiger partial charge is 0.497 e. The van der Waals surface area contributed by atoms with Crippen molar-refractivity contribution in [1.82, 2.24) is 9.88 Å². The molecule has 2 heterocycles. The lowest BCUT2D eigenvalue weighted by Gasteiger charge is -2.25. The number of aliphatic hydroxyl groups excluding tert-OH is 1. The third kappa shape index (κ3) is 3.07. The first-order chi connectivity index (χ1) is 11.5. The molecule has 0 spiro atoms. The average molecular weight is 334 g/mol. The lowest BCUT2D eigenvalue weighted by Crippen LogP contribution is -2.32. The minimum absolute atomic E-state index is 0.0261. The van der Waals surface area contributed by atoms with Crippen LogP contribution in [0.2, 0.25) is 0 Å². The molecule has 2 aromatic rings. The second-order valence-corrected chi connectivity index (χ2v) is 5.61. The van der Waals surface area contributed by atoms with Crippen LogP contribution in [-0.2, 0) is 0 Å². The highest BCUT2D eigenvalue weighted by atomic mass is 19.1. The highest BCUT2D eigenvalue weighted by molar-refractivity contribution is 5.93. The Bertz CT molecular complexity index is 769. The number of carbonyl (C=O) groups excluding carboxylic acids is 1. The summed E-state index contributed by atoms with van der Waals surface area (Å²) in [4.78, 5) is 18.0. The Kier molecular flexibility index (Phi) is 4.44. The molecule has 2 atom stereocenters. The van der Waals surface area contributed by atoms with Crippen molar-refractivity contribution in [2.45, 2.75) is 18.6 Å². The van der Waals surface area contributed by atoms with Crippen LogP contribution in [0.5, 0.6) is 5.75 Å². The SMILES string of the molecule is COc1ccnc(C(=O)N2CC(O)CC2c2cc(F)ccc2F)c1. The van der Waals surface area contributed by atoms with Gasteiger partial charge in [0, 0.05) is 24.4 Å². The summed E-state index contributed by atoms with van der Waals surface area (Å²) in [5, 5.41) is 9.93. The van der Waals surface area contributed by atoms with E-state index in [0.29, 0.717) is 5.75 Å². The summed E-state index contributed by atoms with van der Waals surface area (Å²) in [5.74, 6) is -1.23. The van der Waals surface area contributed by atoms with Crippen molar-refractivity contribution in [2.24, 2.45) is 0 Å². The van der Waals surface area contributed by atoms with Crippen LogP contribution in [0.15, 0.2) is 36.5 Å². The number of carbonyl (C=O) groups is 1. The van der Waals surface area contributed by atoms with Gasteiger partial charge in [0.25, 0.3) is 5.91 Å². The van der Waals surface area contributed by atoms with Gasteiger partial charge in [-0.1, -0.05) is 0 Å². The van der Waals surface area contributed by atoms with Crippen molar-refractivity contribution in [3.8, 4) is 5.75 Å². The number of rotatable bonds is 3. The summed E-state index contributed by atoms with van der Waals surface area (Å²) >= 11 is 0. The van der Waals surface area contributed by atoms with Crippen molar-refractivity contribution in [2.75, 3.05) is 13.7 Å². The molecule has 1 N–H and O–H groups in total. The zero-order valence-electron chi connectivity index (χ0n) is 12.9. The summed E-state index contributed by atoms with van der Waals surface area (Å²) in [6.45, 7) is 0.0261. The quantitative estimate of drug-likeness (QED) is 0.936. The highest BCUT2D eigenvalue weighted by Crippen LogP contribution is 2.35. The van der Waals surface area contributed by atoms with Crippen LogP contribution in [0.1, 0.15) is 28.5 Å². The summed E-state index contributed by atoms with van der Waals surface area (Å²) in [7, 11) is 1.47. The lowest BCUT2D eigenvalue weighted by atomic mass is 10.0. The van der Waals surface area contributed by atoms with Gasteiger partial charge in [-0.2, -0.15) is 0 Å². The molecule has 1 aliphatic heterocycles. The monoisotopic (exact) mass is 334 g/mol. The lowest BCUT2D eigenvalue weighted by molar-refractivity contribution is 0.0707. The first-order valence-corrected chi connectivity index (χ1v) is 7.43. The second kappa shape index (κ2) is 6.52. The van der Waals surface area contributed by atoms with Gasteiger partial charge in [-0.15, -0.1) is 0 Å². The van der Waals surface area contributed by atoms with Gasteiger partial charge in [0.05, 0.1) is 19.3 Å². The van der Waals surface area contributed by atoms with E-state index in [2.05, 4.69) is 4.98 Å². The van der Waals surface area contributed by atoms with Crippen LogP contribution in [-0.4, -0.2) is 40.7 Å². The molecule has 1 fully saturated rings. The van der Waals surface area contributed by atoms with Gasteiger partial charge in [-0.3, -0.25) is 9.78 Å². The Morgan fingerprint density at radius 3 is 2.88 bits per heavy atom. The van der Waals surface area contributed by atoms with Gasteiger partial charge in [-0.25, -0.2) is 8.78 Å². The maximum absolute atomic E-state index is 14.1. The fraction of sp³-hybridized carbons (Fsp3) is 0.294. The first kappa shape index (κ1) is 16.3. The minimum Gasteiger partial charge on any atom is -0.497 e. The normalized spacial score (nSPS) is 20.2. The first-order valence-electron chi connectivity index (χ1n) is 7.43. The second-order valence-electron chi connectivity index (χ2n) is 5.61. The van der Waals surface area contributed by atoms with E-state index in [9.17, 15) is 18.7 Å². The van der Waals surface area contributed by atoms with E-state index in [1.807, 2.05) is 0 Å². The maximum atomic E-state index is 14.1. The molecule has 1 amide bonds. The van der Waals surface area contributed by atoms with Gasteiger partial charge < -0.3 is 14.7 Å². The number of amides is 1. The molecule has 24 heavy (non-hydrogen) atoms. The number of methoxy groups -OCH3 is 1. The average Bonchev–Trinajstić information content (AvgIpc) is 2.98. The molecule has 0 bridgehead atoms. The standard InChI is InChI=1S/C17H16F2N2O3/c1-24-12-4-5-20-15(8-12)17(23)21-9-11(22)7-16(21)13-6-10(18)2-3-14(13)19/h2-6,8,11,16,22H,7,9H2,1H3. The van der Waals surface area contributed by atoms with Gasteiger partial charge >= 0.3 is 0 Å². The zero-order valence-corrected chi connectivity index (χ0v) is 12.9. The number of hydrogen-bond acceptors (Lipinski definition) is 4. The number of aromatic nitrogens is 1. The predicted octanol–water partition coefficient (Wildman–Crippen LogP) is 2.32. The number of likely N-dealkylation sites (tertiary alicyclic amines) is 1. The maximum Gasteiger partial charge on any atom is 0.273 e. The number of nitrogens with zero attached hydrogens (tertiary/aromatic N) is 2. The Hall–Kier alpha value is -2.54. The van der Waals surface area contributed by atoms with Crippen LogP contribution in [0.4, 0.5) is 8.78 Å². The number of halogens is 2. The van der Waals surface area contributed by atoms with E-state index in [-0.39, 0.29) is 24.2 Å². The van der Waals surface area contributed by atoms with Crippen LogP contribution in [0.3, 0.4) is 0 Å². The molecule has 1 aromatic heterocycles. The molecule has 0 aliphatic carbocycles. The Labute approximate surface area is 137 Å². The molecular weight excluding hydrogens is 318 g/mol. The third-order valence-corrected chi connectivity index (χ3v) is 4.04. The molecule has 1 aromatic carbocycles. The number of hydrogen-bond donors (Lipinski definition) is 1. The van der Waals surface area contributed by atoms with Crippen molar-refractivity contribution < 1.29 is 23.4 Å². The van der Waals surface area contributed by atoms with Crippen molar-refractivity contribution in [3.05, 3.63) is 59.4 Å². The Morgan fingerprint density at radius 2 is 2.12 bits per heavy atom. The molecule has 1 saturated heterocycles. The van der Waals surface area contributed by atoms with Crippen LogP contribution in [0, 0.1) is 11.6 Å². The number of β-amino-alcohol motifs (C(OH)–C–C–N with tert-alkyl or cyclic N) is 1. The van der Waals surface area contributed by atoms with Crippen LogP contribution in [0.25, 0.3) is 0 Å². The van der Waals surface area contributed by atoms with Gasteiger partial charge in [0.1, 0.15) is 23.1 Å². The highest BCUT2D eigenvalue weighted by Gasteiger charge is 2.37. The topological polar surface area (TPSA) is 62.7 Å².